The van der Waals surface area contributed by atoms with Crippen molar-refractivity contribution in [2.24, 2.45) is 10.8 Å². The van der Waals surface area contributed by atoms with Crippen molar-refractivity contribution in [3.8, 4) is 0 Å². The fourth-order valence-corrected chi connectivity index (χ4v) is 6.60. The van der Waals surface area contributed by atoms with E-state index >= 15 is 0 Å². The first kappa shape index (κ1) is 24.6. The van der Waals surface area contributed by atoms with Crippen molar-refractivity contribution in [3.05, 3.63) is 59.4 Å². The van der Waals surface area contributed by atoms with Gasteiger partial charge in [-0.25, -0.2) is 0 Å². The van der Waals surface area contributed by atoms with Gasteiger partial charge in [0.15, 0.2) is 6.04 Å². The third kappa shape index (κ3) is 3.58. The van der Waals surface area contributed by atoms with E-state index in [1.54, 1.807) is 6.07 Å². The summed E-state index contributed by atoms with van der Waals surface area (Å²) in [6, 6.07) is 9.04. The molecule has 1 unspecified atom stereocenters. The first-order valence-corrected chi connectivity index (χ1v) is 12.1. The van der Waals surface area contributed by atoms with Crippen molar-refractivity contribution in [1.82, 2.24) is 9.88 Å². The van der Waals surface area contributed by atoms with Gasteiger partial charge in [-0.15, -0.1) is 0 Å². The minimum absolute atomic E-state index is 0.0663. The molecule has 6 nitrogen and oxygen atoms in total. The Bertz CT molecular complexity index is 1190. The molecule has 6 rings (SSSR count). The van der Waals surface area contributed by atoms with Crippen LogP contribution >= 0.6 is 0 Å². The van der Waals surface area contributed by atoms with Gasteiger partial charge in [-0.1, -0.05) is 38.1 Å². The molecule has 1 amide bonds. The van der Waals surface area contributed by atoms with Gasteiger partial charge in [0.05, 0.1) is 35.5 Å². The number of rotatable bonds is 6. The molecule has 4 aliphatic rings. The van der Waals surface area contributed by atoms with E-state index in [0.717, 1.165) is 18.4 Å². The molecule has 9 heteroatoms. The molecule has 2 atom stereocenters. The van der Waals surface area contributed by atoms with Gasteiger partial charge in [0, 0.05) is 18.5 Å². The normalized spacial score (nSPS) is 28.2. The average Bonchev–Trinajstić information content (AvgIpc) is 3.02. The minimum atomic E-state index is -4.70. The van der Waals surface area contributed by atoms with Gasteiger partial charge in [0.25, 0.3) is 0 Å². The van der Waals surface area contributed by atoms with Gasteiger partial charge in [-0.3, -0.25) is 14.6 Å². The fraction of sp³-hybridized carbons (Fsp3) is 0.519. The Hall–Kier alpha value is -3.10. The van der Waals surface area contributed by atoms with Gasteiger partial charge in [-0.05, 0) is 48.9 Å². The second-order valence-electron chi connectivity index (χ2n) is 11.2. The van der Waals surface area contributed by atoms with Gasteiger partial charge in [0.1, 0.15) is 0 Å². The number of carbonyl (C=O) groups excluding carboxylic acids is 2. The van der Waals surface area contributed by atoms with E-state index in [0.29, 0.717) is 5.69 Å². The van der Waals surface area contributed by atoms with Crippen molar-refractivity contribution in [1.29, 1.82) is 0 Å². The van der Waals surface area contributed by atoms with Crippen molar-refractivity contribution in [2.45, 2.75) is 63.2 Å². The van der Waals surface area contributed by atoms with Crippen LogP contribution in [0.1, 0.15) is 56.0 Å². The van der Waals surface area contributed by atoms with Crippen molar-refractivity contribution in [2.75, 3.05) is 19.5 Å². The zero-order chi connectivity index (χ0) is 26.1. The van der Waals surface area contributed by atoms with Crippen LogP contribution in [-0.4, -0.2) is 48.1 Å². The zero-order valence-electron chi connectivity index (χ0n) is 20.8. The number of benzene rings is 1. The summed E-state index contributed by atoms with van der Waals surface area (Å²) in [5, 5.41) is 3.44. The summed E-state index contributed by atoms with van der Waals surface area (Å²) in [4.78, 5) is 29.9. The Morgan fingerprint density at radius 2 is 1.78 bits per heavy atom. The summed E-state index contributed by atoms with van der Waals surface area (Å²) in [5.41, 5.74) is 1.11. The van der Waals surface area contributed by atoms with Gasteiger partial charge < -0.3 is 15.0 Å². The van der Waals surface area contributed by atoms with Crippen molar-refractivity contribution >= 4 is 17.6 Å². The molecule has 36 heavy (non-hydrogen) atoms. The van der Waals surface area contributed by atoms with E-state index in [1.165, 1.54) is 30.5 Å². The standard InChI is InChI=1S/C27H30F3N3O3/c1-24(2)18-8-6-5-7-16(18)11-20(24)32-17-9-10-19(31-12-17)21(27(28,29)30)33(3)22(34)25-13-26(14-25,15-25)23(35)36-4/h5-10,12,20-21,32H,11,13-15H2,1-4H3/t20?,21-,25?,26?/m0/s1. The number of halogens is 3. The summed E-state index contributed by atoms with van der Waals surface area (Å²) in [6.45, 7) is 4.29. The second kappa shape index (κ2) is 7.95. The highest BCUT2D eigenvalue weighted by Crippen LogP contribution is 2.74. The Balaban J connectivity index is 1.31. The topological polar surface area (TPSA) is 71.5 Å². The number of alkyl halides is 3. The molecule has 192 valence electrons. The van der Waals surface area contributed by atoms with E-state index in [-0.39, 0.29) is 36.4 Å². The lowest BCUT2D eigenvalue weighted by Gasteiger charge is -2.67. The van der Waals surface area contributed by atoms with Crippen LogP contribution in [0.5, 0.6) is 0 Å². The summed E-state index contributed by atoms with van der Waals surface area (Å²) < 4.78 is 47.2. The van der Waals surface area contributed by atoms with Crippen LogP contribution in [0.3, 0.4) is 0 Å². The van der Waals surface area contributed by atoms with Crippen LogP contribution < -0.4 is 5.32 Å². The largest absolute Gasteiger partial charge is 0.469 e. The number of aromatic nitrogens is 1. The van der Waals surface area contributed by atoms with Crippen LogP contribution in [0.4, 0.5) is 18.9 Å². The van der Waals surface area contributed by atoms with Crippen LogP contribution in [0, 0.1) is 10.8 Å². The number of anilines is 1. The Kier molecular flexibility index (Phi) is 5.43. The number of hydrogen-bond donors (Lipinski definition) is 1. The van der Waals surface area contributed by atoms with Crippen LogP contribution in [0.15, 0.2) is 42.6 Å². The van der Waals surface area contributed by atoms with Crippen LogP contribution in [0.25, 0.3) is 0 Å². The lowest BCUT2D eigenvalue weighted by Crippen LogP contribution is -2.71. The molecule has 0 aliphatic heterocycles. The van der Waals surface area contributed by atoms with Crippen molar-refractivity contribution < 1.29 is 27.5 Å². The maximum atomic E-state index is 14.2. The number of nitrogens with zero attached hydrogens (tertiary/aromatic N) is 2. The third-order valence-corrected chi connectivity index (χ3v) is 8.53. The first-order valence-electron chi connectivity index (χ1n) is 12.1. The van der Waals surface area contributed by atoms with E-state index in [1.807, 2.05) is 12.1 Å². The number of pyridine rings is 1. The number of esters is 1. The molecule has 3 saturated carbocycles. The molecule has 4 aliphatic carbocycles. The summed E-state index contributed by atoms with van der Waals surface area (Å²) in [5.74, 6) is -1.00. The summed E-state index contributed by atoms with van der Waals surface area (Å²) in [7, 11) is 2.44. The van der Waals surface area contributed by atoms with Gasteiger partial charge >= 0.3 is 12.1 Å². The Morgan fingerprint density at radius 3 is 2.33 bits per heavy atom. The second-order valence-corrected chi connectivity index (χ2v) is 11.2. The molecule has 1 heterocycles. The molecule has 1 aromatic heterocycles. The predicted molar refractivity (Wildman–Crippen MR) is 127 cm³/mol. The van der Waals surface area contributed by atoms with Crippen molar-refractivity contribution in [3.63, 3.8) is 0 Å². The molecule has 2 bridgehead atoms. The monoisotopic (exact) mass is 501 g/mol. The lowest BCUT2D eigenvalue weighted by molar-refractivity contribution is -0.237. The number of fused-ring (bicyclic) bond motifs is 1. The quantitative estimate of drug-likeness (QED) is 0.576. The highest BCUT2D eigenvalue weighted by atomic mass is 19.4. The van der Waals surface area contributed by atoms with E-state index < -0.39 is 34.9 Å². The fourth-order valence-electron chi connectivity index (χ4n) is 6.60. The summed E-state index contributed by atoms with van der Waals surface area (Å²) >= 11 is 0. The SMILES string of the molecule is COC(=O)C12CC(C(=O)N(C)[C@@H](c3ccc(NC4Cc5ccccc5C4(C)C)cn3)C(F)(F)F)(C1)C2. The van der Waals surface area contributed by atoms with E-state index in [2.05, 4.69) is 36.3 Å². The van der Waals surface area contributed by atoms with Crippen LogP contribution in [0.2, 0.25) is 0 Å². The van der Waals surface area contributed by atoms with E-state index in [9.17, 15) is 22.8 Å². The maximum absolute atomic E-state index is 14.2. The first-order chi connectivity index (χ1) is 16.8. The Labute approximate surface area is 208 Å². The van der Waals surface area contributed by atoms with Gasteiger partial charge in [0.2, 0.25) is 5.91 Å². The molecule has 2 aromatic rings. The smallest absolute Gasteiger partial charge is 0.414 e. The predicted octanol–water partition coefficient (Wildman–Crippen LogP) is 4.80. The Morgan fingerprint density at radius 1 is 1.11 bits per heavy atom. The highest BCUT2D eigenvalue weighted by molar-refractivity contribution is 5.94. The highest BCUT2D eigenvalue weighted by Gasteiger charge is 2.76. The number of methoxy groups -OCH3 is 1. The molecule has 3 fully saturated rings. The average molecular weight is 502 g/mol. The van der Waals surface area contributed by atoms with Gasteiger partial charge in [-0.2, -0.15) is 13.2 Å². The number of amides is 1. The number of ether oxygens (including phenoxy) is 1. The molecule has 0 spiro atoms. The molecule has 1 N–H and O–H groups in total. The lowest BCUT2D eigenvalue weighted by atomic mass is 9.34. The number of nitrogens with one attached hydrogen (secondary N) is 1. The molecular weight excluding hydrogens is 471 g/mol. The molecule has 1 aromatic carbocycles. The number of carbonyl (C=O) groups is 2. The van der Waals surface area contributed by atoms with E-state index in [4.69, 9.17) is 4.74 Å². The number of hydrogen-bond acceptors (Lipinski definition) is 5. The third-order valence-electron chi connectivity index (χ3n) is 8.53. The maximum Gasteiger partial charge on any atom is 0.414 e. The molecule has 0 saturated heterocycles. The molecule has 0 radical (unpaired) electrons. The molecular formula is C27H30F3N3O3. The minimum Gasteiger partial charge on any atom is -0.469 e. The summed E-state index contributed by atoms with van der Waals surface area (Å²) in [6.07, 6.45) is -1.80. The van der Waals surface area contributed by atoms with Crippen LogP contribution in [-0.2, 0) is 26.2 Å². The zero-order valence-corrected chi connectivity index (χ0v) is 20.8.